The molecule has 0 aromatic heterocycles. The van der Waals surface area contributed by atoms with Crippen LogP contribution in [0, 0.1) is 0 Å². The van der Waals surface area contributed by atoms with Crippen molar-refractivity contribution in [2.45, 2.75) is 51.4 Å². The molecule has 0 atom stereocenters. The van der Waals surface area contributed by atoms with Gasteiger partial charge in [0.15, 0.2) is 0 Å². The molecule has 8 nitrogen and oxygen atoms in total. The van der Waals surface area contributed by atoms with Crippen LogP contribution in [0.25, 0.3) is 65.3 Å². The summed E-state index contributed by atoms with van der Waals surface area (Å²) in [4.78, 5) is 27.1. The van der Waals surface area contributed by atoms with E-state index in [1.807, 2.05) is 70.7 Å². The van der Waals surface area contributed by atoms with Crippen LogP contribution < -0.4 is 10.0 Å². The van der Waals surface area contributed by atoms with Crippen molar-refractivity contribution in [1.82, 2.24) is 0 Å². The third-order valence-electron chi connectivity index (χ3n) is 16.8. The minimum atomic E-state index is -0.316. The zero-order valence-corrected chi connectivity index (χ0v) is 47.7. The first-order valence-corrected chi connectivity index (χ1v) is 30.0. The molecule has 0 heterocycles. The molecule has 2 aliphatic rings. The van der Waals surface area contributed by atoms with Gasteiger partial charge in [0.05, 0.1) is 58.5 Å². The van der Waals surface area contributed by atoms with Crippen molar-refractivity contribution in [3.8, 4) is 22.3 Å². The molecule has 0 saturated heterocycles. The van der Waals surface area contributed by atoms with Crippen LogP contribution >= 0.6 is 0 Å². The van der Waals surface area contributed by atoms with Gasteiger partial charge >= 0.3 is 11.9 Å². The summed E-state index contributed by atoms with van der Waals surface area (Å²) < 4.78 is 11.7. The Morgan fingerprint density at radius 3 is 0.884 bits per heavy atom. The maximum Gasteiger partial charge on any atom is 0.338 e. The Morgan fingerprint density at radius 2 is 0.547 bits per heavy atom. The zero-order valence-electron chi connectivity index (χ0n) is 47.7. The summed E-state index contributed by atoms with van der Waals surface area (Å²) in [5.41, 5.74) is 14.5. The molecule has 0 spiro atoms. The maximum atomic E-state index is 13.6. The minimum absolute atomic E-state index is 0.316. The highest BCUT2D eigenvalue weighted by Crippen LogP contribution is 2.42. The smallest absolute Gasteiger partial charge is 0.338 e. The van der Waals surface area contributed by atoms with Gasteiger partial charge in [-0.3, -0.25) is 0 Å². The fourth-order valence-corrected chi connectivity index (χ4v) is 12.3. The van der Waals surface area contributed by atoms with Gasteiger partial charge in [-0.1, -0.05) is 221 Å². The summed E-state index contributed by atoms with van der Waals surface area (Å²) in [5, 5.41) is 24.2. The second-order valence-corrected chi connectivity index (χ2v) is 22.4. The quantitative estimate of drug-likeness (QED) is 0.0456. The lowest BCUT2D eigenvalue weighted by atomic mass is 10.0. The molecule has 12 aromatic rings. The van der Waals surface area contributed by atoms with E-state index in [2.05, 4.69) is 194 Å². The molecule has 12 aromatic carbocycles. The van der Waals surface area contributed by atoms with Gasteiger partial charge < -0.3 is 9.47 Å². The van der Waals surface area contributed by atoms with Crippen molar-refractivity contribution < 1.29 is 19.1 Å². The molecule has 2 aliphatic carbocycles. The van der Waals surface area contributed by atoms with E-state index in [9.17, 15) is 9.59 Å². The molecular formula is C78H62N4O4. The van der Waals surface area contributed by atoms with Crippen LogP contribution in [-0.4, -0.2) is 36.6 Å². The fraction of sp³-hybridized carbons (Fsp3) is 0.128. The highest BCUT2D eigenvalue weighted by molar-refractivity contribution is 6.26. The number of rotatable bonds is 19. The van der Waals surface area contributed by atoms with Gasteiger partial charge in [-0.05, 0) is 151 Å². The van der Waals surface area contributed by atoms with Crippen LogP contribution in [0.1, 0.15) is 94.3 Å². The second-order valence-electron chi connectivity index (χ2n) is 22.4. The SMILES string of the molecule is O=C(OCCCCCCCCCCOC(=O)c1ccc2c(c1)-c1ccccc1/C2=N\N(c1ccc2ccccc2c1)c1ccc2ccccc2c1)c1ccc2c(c1)-c1ccccc1/C2=N\N(c1ccc2ccccc2c1)c1ccc2ccccc2c1. The number of unbranched alkanes of at least 4 members (excludes halogenated alkanes) is 7. The molecule has 0 bridgehead atoms. The molecular weight excluding hydrogens is 1060 g/mol. The van der Waals surface area contributed by atoms with Gasteiger partial charge in [-0.15, -0.1) is 0 Å². The number of esters is 2. The van der Waals surface area contributed by atoms with Crippen LogP contribution in [-0.2, 0) is 9.47 Å². The molecule has 14 rings (SSSR count). The predicted molar refractivity (Wildman–Crippen MR) is 353 cm³/mol. The van der Waals surface area contributed by atoms with Crippen molar-refractivity contribution >= 4 is 89.2 Å². The molecule has 86 heavy (non-hydrogen) atoms. The number of hydrogen-bond acceptors (Lipinski definition) is 8. The molecule has 0 aliphatic heterocycles. The third-order valence-corrected chi connectivity index (χ3v) is 16.8. The molecule has 8 heteroatoms. The first kappa shape index (κ1) is 53.6. The average molecular weight is 1120 g/mol. The molecule has 0 fully saturated rings. The van der Waals surface area contributed by atoms with E-state index in [1.165, 1.54) is 21.5 Å². The van der Waals surface area contributed by atoms with Crippen LogP contribution in [0.4, 0.5) is 22.7 Å². The number of nitrogens with zero attached hydrogens (tertiary/aromatic N) is 4. The fourth-order valence-electron chi connectivity index (χ4n) is 12.3. The first-order valence-electron chi connectivity index (χ1n) is 30.0. The van der Waals surface area contributed by atoms with Crippen LogP contribution in [0.3, 0.4) is 0 Å². The number of anilines is 4. The number of carbonyl (C=O) groups excluding carboxylic acids is 2. The maximum absolute atomic E-state index is 13.6. The number of carbonyl (C=O) groups is 2. The Hall–Kier alpha value is -10.4. The summed E-state index contributed by atoms with van der Waals surface area (Å²) in [6.07, 6.45) is 7.93. The lowest BCUT2D eigenvalue weighted by Gasteiger charge is -2.22. The molecule has 0 radical (unpaired) electrons. The average Bonchev–Trinajstić information content (AvgIpc) is 3.13. The Labute approximate surface area is 500 Å². The van der Waals surface area contributed by atoms with Crippen molar-refractivity contribution in [3.63, 3.8) is 0 Å². The van der Waals surface area contributed by atoms with Gasteiger partial charge in [0.25, 0.3) is 0 Å². The lowest BCUT2D eigenvalue weighted by Crippen LogP contribution is -2.14. The minimum Gasteiger partial charge on any atom is -0.462 e. The van der Waals surface area contributed by atoms with Gasteiger partial charge in [-0.25, -0.2) is 19.6 Å². The Bertz CT molecular complexity index is 4190. The van der Waals surface area contributed by atoms with Gasteiger partial charge in [0.1, 0.15) is 0 Å². The van der Waals surface area contributed by atoms with Gasteiger partial charge in [0, 0.05) is 22.3 Å². The number of benzene rings is 12. The van der Waals surface area contributed by atoms with E-state index < -0.39 is 0 Å². The molecule has 0 amide bonds. The van der Waals surface area contributed by atoms with Gasteiger partial charge in [0.2, 0.25) is 0 Å². The molecule has 0 unspecified atom stereocenters. The molecule has 0 saturated carbocycles. The van der Waals surface area contributed by atoms with E-state index in [0.29, 0.717) is 24.3 Å². The highest BCUT2D eigenvalue weighted by Gasteiger charge is 2.30. The molecule has 0 N–H and O–H groups in total. The van der Waals surface area contributed by atoms with Crippen LogP contribution in [0.2, 0.25) is 0 Å². The van der Waals surface area contributed by atoms with Crippen molar-refractivity contribution in [2.75, 3.05) is 23.2 Å². The van der Waals surface area contributed by atoms with Crippen LogP contribution in [0.15, 0.2) is 265 Å². The largest absolute Gasteiger partial charge is 0.462 e. The van der Waals surface area contributed by atoms with E-state index in [4.69, 9.17) is 19.7 Å². The summed E-state index contributed by atoms with van der Waals surface area (Å²) in [6, 6.07) is 87.7. The lowest BCUT2D eigenvalue weighted by molar-refractivity contribution is 0.0487. The van der Waals surface area contributed by atoms with E-state index >= 15 is 0 Å². The van der Waals surface area contributed by atoms with E-state index in [1.54, 1.807) is 0 Å². The first-order chi connectivity index (χ1) is 42.5. The summed E-state index contributed by atoms with van der Waals surface area (Å²) in [6.45, 7) is 0.749. The van der Waals surface area contributed by atoms with E-state index in [-0.39, 0.29) is 11.9 Å². The second kappa shape index (κ2) is 24.0. The summed E-state index contributed by atoms with van der Waals surface area (Å²) >= 11 is 0. The summed E-state index contributed by atoms with van der Waals surface area (Å²) in [7, 11) is 0. The Kier molecular flexibility index (Phi) is 15.0. The van der Waals surface area contributed by atoms with Crippen LogP contribution in [0.5, 0.6) is 0 Å². The standard InChI is InChI=1S/C78H62N4O4/c83-77(61-37-43-71-73(51-61)67-29-15-17-31-69(67)75(71)79-81(63-39-33-53-21-7-11-25-57(53)47-63)64-40-34-54-22-8-12-26-58(54)48-64)85-45-19-5-3-1-2-4-6-20-46-86-78(84)62-38-44-72-74(52-62)68-30-16-18-32-70(68)76(72)80-82(65-41-35-55-23-9-13-27-59(55)49-65)66-42-36-56-24-10-14-28-60(56)50-66/h7-18,21-44,47-52H,1-6,19-20,45-46H2/b79-75+,80-76+. The normalized spacial score (nSPS) is 13.0. The number of fused-ring (bicyclic) bond motifs is 10. The Morgan fingerprint density at radius 1 is 0.267 bits per heavy atom. The number of ether oxygens (including phenoxy) is 2. The van der Waals surface area contributed by atoms with Crippen molar-refractivity contribution in [2.24, 2.45) is 10.2 Å². The van der Waals surface area contributed by atoms with Crippen molar-refractivity contribution in [1.29, 1.82) is 0 Å². The topological polar surface area (TPSA) is 83.8 Å². The summed E-state index contributed by atoms with van der Waals surface area (Å²) in [5.74, 6) is -0.632. The number of hydrogen-bond donors (Lipinski definition) is 0. The van der Waals surface area contributed by atoms with Crippen molar-refractivity contribution in [3.05, 3.63) is 288 Å². The highest BCUT2D eigenvalue weighted by atomic mass is 16.5. The monoisotopic (exact) mass is 1120 g/mol. The Balaban J connectivity index is 0.560. The predicted octanol–water partition coefficient (Wildman–Crippen LogP) is 19.6. The third kappa shape index (κ3) is 10.9. The zero-order chi connectivity index (χ0) is 57.8. The van der Waals surface area contributed by atoms with Gasteiger partial charge in [-0.2, -0.15) is 10.2 Å². The number of hydrazone groups is 2. The van der Waals surface area contributed by atoms with E-state index in [0.717, 1.165) is 152 Å². The molecule has 418 valence electrons.